The molecule has 4 nitrogen and oxygen atoms in total. The molecule has 1 aromatic carbocycles. The first-order chi connectivity index (χ1) is 10.3. The highest BCUT2D eigenvalue weighted by atomic mass is 35.5. The van der Waals surface area contributed by atoms with Crippen molar-refractivity contribution in [1.82, 2.24) is 4.90 Å². The first-order valence-electron chi connectivity index (χ1n) is 7.57. The monoisotopic (exact) mass is 323 g/mol. The minimum Gasteiger partial charge on any atom is -0.481 e. The molecule has 0 bridgehead atoms. The van der Waals surface area contributed by atoms with Gasteiger partial charge in [0.1, 0.15) is 0 Å². The van der Waals surface area contributed by atoms with Crippen molar-refractivity contribution in [3.8, 4) is 0 Å². The number of hydrogen-bond acceptors (Lipinski definition) is 2. The van der Waals surface area contributed by atoms with Crippen LogP contribution in [0.15, 0.2) is 24.3 Å². The van der Waals surface area contributed by atoms with E-state index in [0.717, 1.165) is 18.4 Å². The Morgan fingerprint density at radius 1 is 1.32 bits per heavy atom. The number of aliphatic carboxylic acids is 1. The van der Waals surface area contributed by atoms with E-state index in [1.807, 2.05) is 31.2 Å². The van der Waals surface area contributed by atoms with Gasteiger partial charge in [0.2, 0.25) is 5.91 Å². The standard InChI is InChI=1S/C17H22ClNO3/c1-12(10-13-4-6-14(18)7-5-13)19(2)15(20)11-17(16(21)22)8-3-9-17/h4-7,12H,3,8-11H2,1-2H3,(H,21,22). The van der Waals surface area contributed by atoms with Crippen molar-refractivity contribution in [1.29, 1.82) is 0 Å². The first-order valence-corrected chi connectivity index (χ1v) is 7.95. The van der Waals surface area contributed by atoms with Crippen LogP contribution in [0.1, 0.15) is 38.2 Å². The summed E-state index contributed by atoms with van der Waals surface area (Å²) in [5, 5.41) is 10.0. The number of carbonyl (C=O) groups is 2. The molecule has 1 N–H and O–H groups in total. The molecule has 2 rings (SSSR count). The maximum absolute atomic E-state index is 12.4. The van der Waals surface area contributed by atoms with E-state index in [-0.39, 0.29) is 18.4 Å². The smallest absolute Gasteiger partial charge is 0.310 e. The third-order valence-electron chi connectivity index (χ3n) is 4.75. The lowest BCUT2D eigenvalue weighted by molar-refractivity contribution is -0.159. The van der Waals surface area contributed by atoms with Gasteiger partial charge in [-0.15, -0.1) is 0 Å². The molecule has 0 spiro atoms. The second kappa shape index (κ2) is 6.69. The van der Waals surface area contributed by atoms with Crippen molar-refractivity contribution in [3.63, 3.8) is 0 Å². The van der Waals surface area contributed by atoms with Gasteiger partial charge in [0.25, 0.3) is 0 Å². The lowest BCUT2D eigenvalue weighted by Gasteiger charge is -2.38. The SMILES string of the molecule is CC(Cc1ccc(Cl)cc1)N(C)C(=O)CC1(C(=O)O)CCC1. The molecule has 0 saturated heterocycles. The van der Waals surface area contributed by atoms with Gasteiger partial charge in [0.15, 0.2) is 0 Å². The molecule has 1 amide bonds. The number of likely N-dealkylation sites (N-methyl/N-ethyl adjacent to an activating group) is 1. The second-order valence-corrected chi connectivity index (χ2v) is 6.74. The Balaban J connectivity index is 1.94. The normalized spacial score (nSPS) is 17.4. The lowest BCUT2D eigenvalue weighted by Crippen LogP contribution is -2.45. The Labute approximate surface area is 136 Å². The molecule has 1 atom stereocenters. The number of hydrogen-bond donors (Lipinski definition) is 1. The van der Waals surface area contributed by atoms with Crippen LogP contribution in [-0.2, 0) is 16.0 Å². The first kappa shape index (κ1) is 16.8. The van der Waals surface area contributed by atoms with E-state index >= 15 is 0 Å². The van der Waals surface area contributed by atoms with Crippen LogP contribution < -0.4 is 0 Å². The van der Waals surface area contributed by atoms with E-state index in [9.17, 15) is 14.7 Å². The van der Waals surface area contributed by atoms with Gasteiger partial charge in [0.05, 0.1) is 5.41 Å². The quantitative estimate of drug-likeness (QED) is 0.873. The predicted octanol–water partition coefficient (Wildman–Crippen LogP) is 3.37. The molecular weight excluding hydrogens is 302 g/mol. The van der Waals surface area contributed by atoms with E-state index in [1.165, 1.54) is 0 Å². The van der Waals surface area contributed by atoms with E-state index in [0.29, 0.717) is 17.9 Å². The third-order valence-corrected chi connectivity index (χ3v) is 5.00. The summed E-state index contributed by atoms with van der Waals surface area (Å²) in [5.74, 6) is -0.936. The van der Waals surface area contributed by atoms with Crippen molar-refractivity contribution >= 4 is 23.5 Å². The van der Waals surface area contributed by atoms with Gasteiger partial charge in [-0.1, -0.05) is 30.2 Å². The molecule has 1 aliphatic carbocycles. The lowest BCUT2D eigenvalue weighted by atomic mass is 9.66. The molecule has 1 unspecified atom stereocenters. The highest BCUT2D eigenvalue weighted by Gasteiger charge is 2.46. The van der Waals surface area contributed by atoms with E-state index in [4.69, 9.17) is 11.6 Å². The number of halogens is 1. The Morgan fingerprint density at radius 2 is 1.91 bits per heavy atom. The van der Waals surface area contributed by atoms with E-state index in [2.05, 4.69) is 0 Å². The maximum Gasteiger partial charge on any atom is 0.310 e. The van der Waals surface area contributed by atoms with Crippen LogP contribution in [0.2, 0.25) is 5.02 Å². The third kappa shape index (κ3) is 3.61. The van der Waals surface area contributed by atoms with Gasteiger partial charge in [-0.3, -0.25) is 9.59 Å². The Morgan fingerprint density at radius 3 is 2.36 bits per heavy atom. The molecule has 120 valence electrons. The number of nitrogens with zero attached hydrogens (tertiary/aromatic N) is 1. The zero-order valence-corrected chi connectivity index (χ0v) is 13.8. The summed E-state index contributed by atoms with van der Waals surface area (Å²) < 4.78 is 0. The molecule has 5 heteroatoms. The zero-order valence-electron chi connectivity index (χ0n) is 13.0. The number of carboxylic acid groups (broad SMARTS) is 1. The van der Waals surface area contributed by atoms with E-state index < -0.39 is 11.4 Å². The zero-order chi connectivity index (χ0) is 16.3. The summed E-state index contributed by atoms with van der Waals surface area (Å²) in [6, 6.07) is 7.57. The molecule has 1 aliphatic rings. The Hall–Kier alpha value is -1.55. The molecule has 0 aliphatic heterocycles. The molecular formula is C17H22ClNO3. The average molecular weight is 324 g/mol. The predicted molar refractivity (Wildman–Crippen MR) is 85.9 cm³/mol. The molecule has 1 saturated carbocycles. The van der Waals surface area contributed by atoms with Crippen LogP contribution in [0.3, 0.4) is 0 Å². The molecule has 22 heavy (non-hydrogen) atoms. The van der Waals surface area contributed by atoms with Gasteiger partial charge in [0, 0.05) is 24.5 Å². The van der Waals surface area contributed by atoms with Gasteiger partial charge in [-0.05, 0) is 43.9 Å². The summed E-state index contributed by atoms with van der Waals surface area (Å²) in [7, 11) is 1.75. The van der Waals surface area contributed by atoms with Gasteiger partial charge in [-0.25, -0.2) is 0 Å². The second-order valence-electron chi connectivity index (χ2n) is 6.30. The highest BCUT2D eigenvalue weighted by molar-refractivity contribution is 6.30. The summed E-state index contributed by atoms with van der Waals surface area (Å²) in [6.45, 7) is 1.97. The van der Waals surface area contributed by atoms with Crippen molar-refractivity contribution in [2.75, 3.05) is 7.05 Å². The highest BCUT2D eigenvalue weighted by Crippen LogP contribution is 2.44. The van der Waals surface area contributed by atoms with Crippen LogP contribution in [0.25, 0.3) is 0 Å². The maximum atomic E-state index is 12.4. The minimum absolute atomic E-state index is 0.0135. The fraction of sp³-hybridized carbons (Fsp3) is 0.529. The number of carbonyl (C=O) groups excluding carboxylic acids is 1. The fourth-order valence-electron chi connectivity index (χ4n) is 2.83. The van der Waals surface area contributed by atoms with Gasteiger partial charge in [-0.2, -0.15) is 0 Å². The topological polar surface area (TPSA) is 57.6 Å². The summed E-state index contributed by atoms with van der Waals surface area (Å²) in [6.07, 6.45) is 2.92. The van der Waals surface area contributed by atoms with Gasteiger partial charge >= 0.3 is 5.97 Å². The summed E-state index contributed by atoms with van der Waals surface area (Å²) in [5.41, 5.74) is 0.277. The van der Waals surface area contributed by atoms with Crippen LogP contribution in [0, 0.1) is 5.41 Å². The average Bonchev–Trinajstić information content (AvgIpc) is 2.43. The number of amides is 1. The van der Waals surface area contributed by atoms with Crippen molar-refractivity contribution in [2.45, 2.75) is 45.1 Å². The van der Waals surface area contributed by atoms with Crippen LogP contribution in [-0.4, -0.2) is 35.0 Å². The Kier molecular flexibility index (Phi) is 5.12. The number of benzene rings is 1. The molecule has 1 fully saturated rings. The van der Waals surface area contributed by atoms with Crippen LogP contribution in [0.4, 0.5) is 0 Å². The molecule has 1 aromatic rings. The fourth-order valence-corrected chi connectivity index (χ4v) is 2.95. The van der Waals surface area contributed by atoms with Crippen molar-refractivity contribution < 1.29 is 14.7 Å². The molecule has 0 aromatic heterocycles. The van der Waals surface area contributed by atoms with E-state index in [1.54, 1.807) is 11.9 Å². The Bertz CT molecular complexity index is 552. The van der Waals surface area contributed by atoms with Crippen molar-refractivity contribution in [2.24, 2.45) is 5.41 Å². The van der Waals surface area contributed by atoms with Gasteiger partial charge < -0.3 is 10.0 Å². The summed E-state index contributed by atoms with van der Waals surface area (Å²) in [4.78, 5) is 25.4. The molecule has 0 radical (unpaired) electrons. The summed E-state index contributed by atoms with van der Waals surface area (Å²) >= 11 is 5.87. The van der Waals surface area contributed by atoms with Crippen LogP contribution in [0.5, 0.6) is 0 Å². The number of carboxylic acids is 1. The molecule has 0 heterocycles. The largest absolute Gasteiger partial charge is 0.481 e. The van der Waals surface area contributed by atoms with Crippen LogP contribution >= 0.6 is 11.6 Å². The van der Waals surface area contributed by atoms with Crippen molar-refractivity contribution in [3.05, 3.63) is 34.9 Å². The minimum atomic E-state index is -0.842. The number of rotatable bonds is 6.